The Morgan fingerprint density at radius 3 is 2.42 bits per heavy atom. The van der Waals surface area contributed by atoms with E-state index in [-0.39, 0.29) is 5.56 Å². The molecule has 0 fully saturated rings. The minimum atomic E-state index is -1.00. The Morgan fingerprint density at radius 1 is 1.03 bits per heavy atom. The van der Waals surface area contributed by atoms with Crippen LogP contribution in [-0.4, -0.2) is 25.3 Å². The van der Waals surface area contributed by atoms with Crippen LogP contribution in [0.15, 0.2) is 59.1 Å². The Morgan fingerprint density at radius 2 is 1.74 bits per heavy atom. The molecule has 3 rings (SSSR count). The standard InChI is InChI=1S/C24H24BrNO5/c1-15-6-4-5-7-17(15)14-31-23-18(19(25)9-11-22(23)30-3)13-26-20-12-16(24(27)28)8-10-21(20)29-2/h4-12,26H,13-14H2,1-3H3,(H,27,28). The first-order valence-corrected chi connectivity index (χ1v) is 10.4. The van der Waals surface area contributed by atoms with Crippen molar-refractivity contribution in [2.24, 2.45) is 0 Å². The maximum atomic E-state index is 11.4. The summed E-state index contributed by atoms with van der Waals surface area (Å²) in [7, 11) is 3.14. The van der Waals surface area contributed by atoms with Gasteiger partial charge in [-0.05, 0) is 48.4 Å². The maximum absolute atomic E-state index is 11.4. The number of rotatable bonds is 9. The van der Waals surface area contributed by atoms with Gasteiger partial charge in [0.15, 0.2) is 11.5 Å². The van der Waals surface area contributed by atoms with E-state index in [1.54, 1.807) is 26.4 Å². The van der Waals surface area contributed by atoms with Crippen LogP contribution in [-0.2, 0) is 13.2 Å². The molecule has 0 unspecified atom stereocenters. The third kappa shape index (κ3) is 5.30. The molecule has 3 aromatic rings. The molecule has 162 valence electrons. The molecule has 2 N–H and O–H groups in total. The summed E-state index contributed by atoms with van der Waals surface area (Å²) < 4.78 is 17.9. The molecule has 0 atom stereocenters. The number of hydrogen-bond acceptors (Lipinski definition) is 5. The number of benzene rings is 3. The van der Waals surface area contributed by atoms with Gasteiger partial charge in [-0.15, -0.1) is 0 Å². The summed E-state index contributed by atoms with van der Waals surface area (Å²) in [6, 6.07) is 16.4. The van der Waals surface area contributed by atoms with E-state index in [1.165, 1.54) is 6.07 Å². The minimum absolute atomic E-state index is 0.170. The zero-order chi connectivity index (χ0) is 22.4. The molecule has 7 heteroatoms. The predicted octanol–water partition coefficient (Wildman–Crippen LogP) is 5.66. The number of carboxylic acids is 1. The van der Waals surface area contributed by atoms with Crippen molar-refractivity contribution in [1.29, 1.82) is 0 Å². The zero-order valence-electron chi connectivity index (χ0n) is 17.6. The molecule has 0 aromatic heterocycles. The van der Waals surface area contributed by atoms with Crippen LogP contribution >= 0.6 is 15.9 Å². The van der Waals surface area contributed by atoms with Gasteiger partial charge in [0.25, 0.3) is 0 Å². The van der Waals surface area contributed by atoms with Crippen LogP contribution in [0.2, 0.25) is 0 Å². The summed E-state index contributed by atoms with van der Waals surface area (Å²) in [6.45, 7) is 2.80. The Bertz CT molecular complexity index is 1080. The topological polar surface area (TPSA) is 77.0 Å². The number of hydrogen-bond donors (Lipinski definition) is 2. The predicted molar refractivity (Wildman–Crippen MR) is 123 cm³/mol. The molecule has 6 nitrogen and oxygen atoms in total. The smallest absolute Gasteiger partial charge is 0.335 e. The highest BCUT2D eigenvalue weighted by Gasteiger charge is 2.17. The van der Waals surface area contributed by atoms with E-state index in [4.69, 9.17) is 14.2 Å². The highest BCUT2D eigenvalue weighted by molar-refractivity contribution is 9.10. The molecular weight excluding hydrogens is 462 g/mol. The van der Waals surface area contributed by atoms with Crippen molar-refractivity contribution in [3.8, 4) is 17.2 Å². The molecule has 0 aliphatic rings. The number of carbonyl (C=O) groups is 1. The lowest BCUT2D eigenvalue weighted by Crippen LogP contribution is -2.08. The van der Waals surface area contributed by atoms with Gasteiger partial charge in [-0.25, -0.2) is 4.79 Å². The molecule has 0 amide bonds. The van der Waals surface area contributed by atoms with Gasteiger partial charge in [-0.2, -0.15) is 0 Å². The van der Waals surface area contributed by atoms with Crippen LogP contribution < -0.4 is 19.5 Å². The average molecular weight is 486 g/mol. The fraction of sp³-hybridized carbons (Fsp3) is 0.208. The number of aromatic carboxylic acids is 1. The molecule has 0 spiro atoms. The van der Waals surface area contributed by atoms with Crippen molar-refractivity contribution in [3.63, 3.8) is 0 Å². The Kier molecular flexibility index (Phi) is 7.41. The lowest BCUT2D eigenvalue weighted by atomic mass is 10.1. The molecule has 3 aromatic carbocycles. The van der Waals surface area contributed by atoms with Gasteiger partial charge in [-0.3, -0.25) is 0 Å². The number of nitrogens with one attached hydrogen (secondary N) is 1. The molecule has 0 aliphatic carbocycles. The molecule has 0 radical (unpaired) electrons. The largest absolute Gasteiger partial charge is 0.495 e. The number of aryl methyl sites for hydroxylation is 1. The summed E-state index contributed by atoms with van der Waals surface area (Å²) >= 11 is 3.60. The summed E-state index contributed by atoms with van der Waals surface area (Å²) in [5.74, 6) is 0.766. The van der Waals surface area contributed by atoms with Crippen LogP contribution in [0.25, 0.3) is 0 Å². The van der Waals surface area contributed by atoms with Crippen LogP contribution in [0, 0.1) is 6.92 Å². The second-order valence-electron chi connectivity index (χ2n) is 6.85. The van der Waals surface area contributed by atoms with Crippen molar-refractivity contribution in [2.75, 3.05) is 19.5 Å². The number of carboxylic acid groups (broad SMARTS) is 1. The molecule has 0 heterocycles. The first-order chi connectivity index (χ1) is 14.9. The van der Waals surface area contributed by atoms with E-state index in [2.05, 4.69) is 21.2 Å². The quantitative estimate of drug-likeness (QED) is 0.406. The second kappa shape index (κ2) is 10.2. The first-order valence-electron chi connectivity index (χ1n) is 9.62. The van der Waals surface area contributed by atoms with Crippen molar-refractivity contribution >= 4 is 27.6 Å². The average Bonchev–Trinajstić information content (AvgIpc) is 2.77. The van der Waals surface area contributed by atoms with Gasteiger partial charge in [0, 0.05) is 16.6 Å². The lowest BCUT2D eigenvalue weighted by molar-refractivity contribution is 0.0697. The van der Waals surface area contributed by atoms with Gasteiger partial charge >= 0.3 is 5.97 Å². The monoisotopic (exact) mass is 485 g/mol. The van der Waals surface area contributed by atoms with E-state index in [0.29, 0.717) is 36.1 Å². The van der Waals surface area contributed by atoms with Crippen molar-refractivity contribution in [2.45, 2.75) is 20.1 Å². The molecule has 0 saturated heterocycles. The van der Waals surface area contributed by atoms with Crippen LogP contribution in [0.4, 0.5) is 5.69 Å². The van der Waals surface area contributed by atoms with Gasteiger partial charge in [0.05, 0.1) is 25.5 Å². The van der Waals surface area contributed by atoms with E-state index >= 15 is 0 Å². The fourth-order valence-electron chi connectivity index (χ4n) is 3.15. The summed E-state index contributed by atoms with van der Waals surface area (Å²) in [4.78, 5) is 11.4. The molecule has 0 bridgehead atoms. The maximum Gasteiger partial charge on any atom is 0.335 e. The third-order valence-electron chi connectivity index (χ3n) is 4.92. The fourth-order valence-corrected chi connectivity index (χ4v) is 3.60. The number of halogens is 1. The highest BCUT2D eigenvalue weighted by Crippen LogP contribution is 2.38. The first kappa shape index (κ1) is 22.5. The van der Waals surface area contributed by atoms with Crippen molar-refractivity contribution in [1.82, 2.24) is 0 Å². The van der Waals surface area contributed by atoms with Gasteiger partial charge in [0.2, 0.25) is 0 Å². The van der Waals surface area contributed by atoms with E-state index in [0.717, 1.165) is 21.2 Å². The van der Waals surface area contributed by atoms with Crippen molar-refractivity contribution in [3.05, 3.63) is 81.3 Å². The summed E-state index contributed by atoms with van der Waals surface area (Å²) in [5, 5.41) is 12.6. The molecule has 31 heavy (non-hydrogen) atoms. The van der Waals surface area contributed by atoms with E-state index in [9.17, 15) is 9.90 Å². The number of ether oxygens (including phenoxy) is 3. The Balaban J connectivity index is 1.90. The van der Waals surface area contributed by atoms with Gasteiger partial charge in [-0.1, -0.05) is 40.2 Å². The van der Waals surface area contributed by atoms with Crippen molar-refractivity contribution < 1.29 is 24.1 Å². The highest BCUT2D eigenvalue weighted by atomic mass is 79.9. The van der Waals surface area contributed by atoms with Crippen LogP contribution in [0.1, 0.15) is 27.0 Å². The molecule has 0 saturated carbocycles. The van der Waals surface area contributed by atoms with E-state index in [1.807, 2.05) is 43.3 Å². The number of methoxy groups -OCH3 is 2. The SMILES string of the molecule is COc1ccc(C(=O)O)cc1NCc1c(Br)ccc(OC)c1OCc1ccccc1C. The molecule has 0 aliphatic heterocycles. The van der Waals surface area contributed by atoms with Gasteiger partial charge < -0.3 is 24.6 Å². The zero-order valence-corrected chi connectivity index (χ0v) is 19.2. The van der Waals surface area contributed by atoms with Crippen LogP contribution in [0.3, 0.4) is 0 Å². The Hall–Kier alpha value is -3.19. The summed E-state index contributed by atoms with van der Waals surface area (Å²) in [5.41, 5.74) is 3.81. The lowest BCUT2D eigenvalue weighted by Gasteiger charge is -2.19. The minimum Gasteiger partial charge on any atom is -0.495 e. The van der Waals surface area contributed by atoms with Crippen LogP contribution in [0.5, 0.6) is 17.2 Å². The third-order valence-corrected chi connectivity index (χ3v) is 5.67. The summed E-state index contributed by atoms with van der Waals surface area (Å²) in [6.07, 6.45) is 0. The van der Waals surface area contributed by atoms with E-state index < -0.39 is 5.97 Å². The van der Waals surface area contributed by atoms with Gasteiger partial charge in [0.1, 0.15) is 12.4 Å². The second-order valence-corrected chi connectivity index (χ2v) is 7.70. The Labute approximate surface area is 189 Å². The normalized spacial score (nSPS) is 10.5. The molecular formula is C24H24BrNO5. The number of anilines is 1.